The lowest BCUT2D eigenvalue weighted by Crippen LogP contribution is -2.29. The van der Waals surface area contributed by atoms with Crippen LogP contribution in [0.3, 0.4) is 0 Å². The lowest BCUT2D eigenvalue weighted by molar-refractivity contribution is 0.606. The Bertz CT molecular complexity index is 562. The monoisotopic (exact) mass is 302 g/mol. The van der Waals surface area contributed by atoms with Gasteiger partial charge in [0.1, 0.15) is 0 Å². The van der Waals surface area contributed by atoms with Crippen molar-refractivity contribution in [2.75, 3.05) is 27.8 Å². The molecule has 1 aromatic carbocycles. The topological polar surface area (TPSA) is 75.3 Å². The highest BCUT2D eigenvalue weighted by atomic mass is 32.2. The van der Waals surface area contributed by atoms with Gasteiger partial charge in [0.05, 0.1) is 17.6 Å². The summed E-state index contributed by atoms with van der Waals surface area (Å²) in [6, 6.07) is 7.47. The molecule has 0 amide bonds. The number of hydrogen-bond donors (Lipinski definition) is 2. The van der Waals surface area contributed by atoms with E-state index in [9.17, 15) is 12.6 Å². The number of para-hydroxylation sites is 2. The van der Waals surface area contributed by atoms with Gasteiger partial charge >= 0.3 is 0 Å². The SMILES string of the molecule is CS(=O)(=O)Nc1ccccc1NC1CCS(=O)CC1. The largest absolute Gasteiger partial charge is 0.381 e. The number of benzene rings is 1. The Morgan fingerprint density at radius 3 is 2.32 bits per heavy atom. The summed E-state index contributed by atoms with van der Waals surface area (Å²) in [5, 5.41) is 3.33. The van der Waals surface area contributed by atoms with Crippen LogP contribution >= 0.6 is 0 Å². The first-order valence-electron chi connectivity index (χ1n) is 6.12. The van der Waals surface area contributed by atoms with Crippen molar-refractivity contribution in [2.24, 2.45) is 0 Å². The van der Waals surface area contributed by atoms with Gasteiger partial charge < -0.3 is 5.32 Å². The van der Waals surface area contributed by atoms with Gasteiger partial charge in [-0.3, -0.25) is 8.93 Å². The highest BCUT2D eigenvalue weighted by Crippen LogP contribution is 2.25. The van der Waals surface area contributed by atoms with Crippen LogP contribution in [-0.2, 0) is 20.8 Å². The molecule has 0 aliphatic carbocycles. The third kappa shape index (κ3) is 4.50. The summed E-state index contributed by atoms with van der Waals surface area (Å²) in [7, 11) is -3.98. The van der Waals surface area contributed by atoms with Crippen molar-refractivity contribution in [3.63, 3.8) is 0 Å². The van der Waals surface area contributed by atoms with Crippen LogP contribution in [0.25, 0.3) is 0 Å². The van der Waals surface area contributed by atoms with Crippen LogP contribution in [0.15, 0.2) is 24.3 Å². The van der Waals surface area contributed by atoms with Crippen molar-refractivity contribution in [3.05, 3.63) is 24.3 Å². The normalized spacial score (nSPS) is 23.8. The molecule has 5 nitrogen and oxygen atoms in total. The van der Waals surface area contributed by atoms with Crippen LogP contribution < -0.4 is 10.0 Å². The second kappa shape index (κ2) is 5.92. The smallest absolute Gasteiger partial charge is 0.229 e. The standard InChI is InChI=1S/C12H18N2O3S2/c1-19(16,17)14-12-5-3-2-4-11(12)13-10-6-8-18(15)9-7-10/h2-5,10,13-14H,6-9H2,1H3. The quantitative estimate of drug-likeness (QED) is 0.881. The van der Waals surface area contributed by atoms with E-state index in [1.807, 2.05) is 12.1 Å². The van der Waals surface area contributed by atoms with Crippen LogP contribution in [0.2, 0.25) is 0 Å². The first-order chi connectivity index (χ1) is 8.94. The van der Waals surface area contributed by atoms with Crippen molar-refractivity contribution in [2.45, 2.75) is 18.9 Å². The van der Waals surface area contributed by atoms with E-state index in [2.05, 4.69) is 10.0 Å². The fourth-order valence-electron chi connectivity index (χ4n) is 2.06. The molecule has 0 radical (unpaired) electrons. The van der Waals surface area contributed by atoms with E-state index >= 15 is 0 Å². The van der Waals surface area contributed by atoms with Gasteiger partial charge in [-0.05, 0) is 25.0 Å². The van der Waals surface area contributed by atoms with Crippen LogP contribution in [0.4, 0.5) is 11.4 Å². The molecule has 1 saturated heterocycles. The highest BCUT2D eigenvalue weighted by molar-refractivity contribution is 7.92. The molecule has 7 heteroatoms. The summed E-state index contributed by atoms with van der Waals surface area (Å²) in [6.45, 7) is 0. The summed E-state index contributed by atoms with van der Waals surface area (Å²) in [5.74, 6) is 1.42. The van der Waals surface area contributed by atoms with E-state index < -0.39 is 20.8 Å². The molecule has 0 spiro atoms. The fraction of sp³-hybridized carbons (Fsp3) is 0.500. The van der Waals surface area contributed by atoms with Gasteiger partial charge in [-0.15, -0.1) is 0 Å². The number of hydrogen-bond acceptors (Lipinski definition) is 4. The molecule has 0 saturated carbocycles. The molecule has 19 heavy (non-hydrogen) atoms. The van der Waals surface area contributed by atoms with E-state index in [1.54, 1.807) is 12.1 Å². The third-order valence-electron chi connectivity index (χ3n) is 2.97. The van der Waals surface area contributed by atoms with Gasteiger partial charge in [0.25, 0.3) is 0 Å². The Hall–Kier alpha value is -1.08. The molecular formula is C12H18N2O3S2. The van der Waals surface area contributed by atoms with E-state index in [-0.39, 0.29) is 6.04 Å². The lowest BCUT2D eigenvalue weighted by atomic mass is 10.1. The average Bonchev–Trinajstić information content (AvgIpc) is 2.33. The number of rotatable bonds is 4. The third-order valence-corrected chi connectivity index (χ3v) is 4.94. The molecule has 1 aromatic rings. The highest BCUT2D eigenvalue weighted by Gasteiger charge is 2.18. The second-order valence-corrected chi connectivity index (χ2v) is 8.13. The van der Waals surface area contributed by atoms with Gasteiger partial charge in [-0.1, -0.05) is 12.1 Å². The number of sulfonamides is 1. The van der Waals surface area contributed by atoms with Crippen molar-refractivity contribution in [1.29, 1.82) is 0 Å². The molecule has 2 rings (SSSR count). The molecule has 106 valence electrons. The first-order valence-corrected chi connectivity index (χ1v) is 9.50. The molecule has 0 aromatic heterocycles. The van der Waals surface area contributed by atoms with Crippen LogP contribution in [0, 0.1) is 0 Å². The predicted molar refractivity (Wildman–Crippen MR) is 79.4 cm³/mol. The molecule has 1 fully saturated rings. The maximum atomic E-state index is 11.3. The van der Waals surface area contributed by atoms with Crippen LogP contribution in [0.5, 0.6) is 0 Å². The van der Waals surface area contributed by atoms with Crippen LogP contribution in [0.1, 0.15) is 12.8 Å². The Labute approximate surface area is 116 Å². The molecule has 1 aliphatic heterocycles. The summed E-state index contributed by atoms with van der Waals surface area (Å²) < 4.78 is 36.4. The van der Waals surface area contributed by atoms with E-state index in [4.69, 9.17) is 0 Å². The predicted octanol–water partition coefficient (Wildman–Crippen LogP) is 1.38. The maximum Gasteiger partial charge on any atom is 0.229 e. The van der Waals surface area contributed by atoms with Gasteiger partial charge in [0, 0.05) is 28.3 Å². The summed E-state index contributed by atoms with van der Waals surface area (Å²) in [4.78, 5) is 0. The van der Waals surface area contributed by atoms with Crippen molar-refractivity contribution >= 4 is 32.2 Å². The van der Waals surface area contributed by atoms with E-state index in [0.29, 0.717) is 17.2 Å². The molecular weight excluding hydrogens is 284 g/mol. The molecule has 2 N–H and O–H groups in total. The van der Waals surface area contributed by atoms with E-state index in [1.165, 1.54) is 0 Å². The Kier molecular flexibility index (Phi) is 4.46. The molecule has 1 aliphatic rings. The van der Waals surface area contributed by atoms with Gasteiger partial charge in [0.15, 0.2) is 0 Å². The van der Waals surface area contributed by atoms with Gasteiger partial charge in [0.2, 0.25) is 10.0 Å². The zero-order valence-electron chi connectivity index (χ0n) is 10.8. The molecule has 1 heterocycles. The first kappa shape index (κ1) is 14.3. The molecule has 0 atom stereocenters. The minimum Gasteiger partial charge on any atom is -0.381 e. The van der Waals surface area contributed by atoms with E-state index in [0.717, 1.165) is 24.8 Å². The van der Waals surface area contributed by atoms with Crippen molar-refractivity contribution < 1.29 is 12.6 Å². The summed E-state index contributed by atoms with van der Waals surface area (Å²) in [6.07, 6.45) is 2.83. The summed E-state index contributed by atoms with van der Waals surface area (Å²) >= 11 is 0. The number of nitrogens with one attached hydrogen (secondary N) is 2. The van der Waals surface area contributed by atoms with Gasteiger partial charge in [-0.2, -0.15) is 0 Å². The molecule has 0 unspecified atom stereocenters. The Morgan fingerprint density at radius 1 is 1.16 bits per heavy atom. The summed E-state index contributed by atoms with van der Waals surface area (Å²) in [5.41, 5.74) is 1.32. The fourth-order valence-corrected chi connectivity index (χ4v) is 3.93. The van der Waals surface area contributed by atoms with Crippen molar-refractivity contribution in [3.8, 4) is 0 Å². The zero-order chi connectivity index (χ0) is 13.9. The lowest BCUT2D eigenvalue weighted by Gasteiger charge is -2.24. The van der Waals surface area contributed by atoms with Gasteiger partial charge in [-0.25, -0.2) is 8.42 Å². The van der Waals surface area contributed by atoms with Crippen molar-refractivity contribution in [1.82, 2.24) is 0 Å². The number of anilines is 2. The average molecular weight is 302 g/mol. The van der Waals surface area contributed by atoms with Crippen LogP contribution in [-0.4, -0.2) is 36.4 Å². The molecule has 0 bridgehead atoms. The Balaban J connectivity index is 2.09. The maximum absolute atomic E-state index is 11.3. The zero-order valence-corrected chi connectivity index (χ0v) is 12.4. The minimum atomic E-state index is -3.29. The Morgan fingerprint density at radius 2 is 1.74 bits per heavy atom. The second-order valence-electron chi connectivity index (χ2n) is 4.69. The minimum absolute atomic E-state index is 0.250.